The standard InChI is InChI=1S/C17H26ClNO/c1-17(2,3)14-9-15(10-18)19(12-14)11-13-5-7-16(20-4)8-6-13/h5-8,14-15H,9-12H2,1-4H3/t14-,15+/m0/s1. The van der Waals surface area contributed by atoms with Gasteiger partial charge in [0.2, 0.25) is 0 Å². The normalized spacial score (nSPS) is 24.1. The van der Waals surface area contributed by atoms with Gasteiger partial charge in [-0.15, -0.1) is 11.6 Å². The Morgan fingerprint density at radius 3 is 2.40 bits per heavy atom. The molecule has 0 saturated carbocycles. The fourth-order valence-electron chi connectivity index (χ4n) is 2.93. The Bertz CT molecular complexity index is 424. The number of nitrogens with zero attached hydrogens (tertiary/aromatic N) is 1. The summed E-state index contributed by atoms with van der Waals surface area (Å²) in [5, 5.41) is 0. The van der Waals surface area contributed by atoms with Crippen molar-refractivity contribution in [2.24, 2.45) is 11.3 Å². The van der Waals surface area contributed by atoms with Crippen LogP contribution in [0, 0.1) is 11.3 Å². The van der Waals surface area contributed by atoms with Crippen LogP contribution in [0.4, 0.5) is 0 Å². The highest BCUT2D eigenvalue weighted by Gasteiger charge is 2.37. The Labute approximate surface area is 128 Å². The smallest absolute Gasteiger partial charge is 0.118 e. The second-order valence-electron chi connectivity index (χ2n) is 6.88. The van der Waals surface area contributed by atoms with E-state index in [-0.39, 0.29) is 0 Å². The van der Waals surface area contributed by atoms with Gasteiger partial charge in [0, 0.05) is 25.0 Å². The summed E-state index contributed by atoms with van der Waals surface area (Å²) in [5.41, 5.74) is 1.69. The van der Waals surface area contributed by atoms with E-state index in [1.807, 2.05) is 12.1 Å². The second-order valence-corrected chi connectivity index (χ2v) is 7.19. The highest BCUT2D eigenvalue weighted by atomic mass is 35.5. The third-order valence-electron chi connectivity index (χ3n) is 4.48. The minimum atomic E-state index is 0.360. The Morgan fingerprint density at radius 2 is 1.90 bits per heavy atom. The number of hydrogen-bond donors (Lipinski definition) is 0. The fourth-order valence-corrected chi connectivity index (χ4v) is 3.25. The van der Waals surface area contributed by atoms with Crippen LogP contribution in [0.2, 0.25) is 0 Å². The van der Waals surface area contributed by atoms with E-state index < -0.39 is 0 Å². The van der Waals surface area contributed by atoms with Gasteiger partial charge < -0.3 is 4.74 Å². The van der Waals surface area contributed by atoms with E-state index in [2.05, 4.69) is 37.8 Å². The number of rotatable bonds is 4. The number of methoxy groups -OCH3 is 1. The van der Waals surface area contributed by atoms with E-state index >= 15 is 0 Å². The highest BCUT2D eigenvalue weighted by Crippen LogP contribution is 2.37. The summed E-state index contributed by atoms with van der Waals surface area (Å²) in [7, 11) is 1.70. The zero-order valence-corrected chi connectivity index (χ0v) is 13.8. The van der Waals surface area contributed by atoms with Crippen molar-refractivity contribution in [3.05, 3.63) is 29.8 Å². The Hall–Kier alpha value is -0.730. The molecular formula is C17H26ClNO. The van der Waals surface area contributed by atoms with Gasteiger partial charge in [-0.1, -0.05) is 32.9 Å². The van der Waals surface area contributed by atoms with E-state index in [9.17, 15) is 0 Å². The van der Waals surface area contributed by atoms with Crippen molar-refractivity contribution >= 4 is 11.6 Å². The molecule has 1 aliphatic rings. The number of alkyl halides is 1. The maximum atomic E-state index is 6.17. The fraction of sp³-hybridized carbons (Fsp3) is 0.647. The predicted molar refractivity (Wildman–Crippen MR) is 85.5 cm³/mol. The summed E-state index contributed by atoms with van der Waals surface area (Å²) in [6.07, 6.45) is 1.21. The molecule has 3 heteroatoms. The summed E-state index contributed by atoms with van der Waals surface area (Å²) in [6, 6.07) is 8.86. The molecule has 2 nitrogen and oxygen atoms in total. The number of benzene rings is 1. The highest BCUT2D eigenvalue weighted by molar-refractivity contribution is 6.18. The van der Waals surface area contributed by atoms with Gasteiger partial charge in [0.1, 0.15) is 5.75 Å². The van der Waals surface area contributed by atoms with E-state index in [1.54, 1.807) is 7.11 Å². The molecule has 1 saturated heterocycles. The maximum Gasteiger partial charge on any atom is 0.118 e. The molecule has 1 aromatic rings. The molecule has 20 heavy (non-hydrogen) atoms. The van der Waals surface area contributed by atoms with Gasteiger partial charge in [-0.3, -0.25) is 4.90 Å². The maximum absolute atomic E-state index is 6.17. The molecule has 2 atom stereocenters. The first kappa shape index (κ1) is 15.7. The molecule has 0 bridgehead atoms. The van der Waals surface area contributed by atoms with Gasteiger partial charge in [-0.05, 0) is 35.4 Å². The van der Waals surface area contributed by atoms with Crippen LogP contribution in [0.15, 0.2) is 24.3 Å². The van der Waals surface area contributed by atoms with Gasteiger partial charge in [0.25, 0.3) is 0 Å². The number of hydrogen-bond acceptors (Lipinski definition) is 2. The van der Waals surface area contributed by atoms with Crippen LogP contribution in [0.5, 0.6) is 5.75 Å². The molecule has 1 fully saturated rings. The molecule has 1 heterocycles. The minimum Gasteiger partial charge on any atom is -0.497 e. The van der Waals surface area contributed by atoms with Crippen LogP contribution in [-0.4, -0.2) is 30.5 Å². The summed E-state index contributed by atoms with van der Waals surface area (Å²) >= 11 is 6.17. The second kappa shape index (κ2) is 6.36. The topological polar surface area (TPSA) is 12.5 Å². The molecule has 0 N–H and O–H groups in total. The van der Waals surface area contributed by atoms with Gasteiger partial charge >= 0.3 is 0 Å². The van der Waals surface area contributed by atoms with Crippen molar-refractivity contribution < 1.29 is 4.74 Å². The third kappa shape index (κ3) is 3.67. The zero-order valence-electron chi connectivity index (χ0n) is 13.0. The lowest BCUT2D eigenvalue weighted by molar-refractivity contribution is 0.217. The summed E-state index contributed by atoms with van der Waals surface area (Å²) in [6.45, 7) is 9.13. The third-order valence-corrected chi connectivity index (χ3v) is 4.83. The molecule has 0 radical (unpaired) electrons. The number of likely N-dealkylation sites (tertiary alicyclic amines) is 1. The average molecular weight is 296 g/mol. The van der Waals surface area contributed by atoms with Crippen LogP contribution < -0.4 is 4.74 Å². The SMILES string of the molecule is COc1ccc(CN2C[C@@H](C(C)(C)C)C[C@@H]2CCl)cc1. The Kier molecular flexibility index (Phi) is 4.98. The Balaban J connectivity index is 2.03. The molecule has 0 aromatic heterocycles. The quantitative estimate of drug-likeness (QED) is 0.773. The van der Waals surface area contributed by atoms with E-state index in [4.69, 9.17) is 16.3 Å². The monoisotopic (exact) mass is 295 g/mol. The molecule has 2 rings (SSSR count). The zero-order chi connectivity index (χ0) is 14.8. The van der Waals surface area contributed by atoms with Crippen molar-refractivity contribution in [2.75, 3.05) is 19.5 Å². The van der Waals surface area contributed by atoms with Gasteiger partial charge in [0.05, 0.1) is 7.11 Å². The Morgan fingerprint density at radius 1 is 1.25 bits per heavy atom. The van der Waals surface area contributed by atoms with Crippen LogP contribution in [0.3, 0.4) is 0 Å². The number of ether oxygens (including phenoxy) is 1. The van der Waals surface area contributed by atoms with Crippen LogP contribution in [-0.2, 0) is 6.54 Å². The largest absolute Gasteiger partial charge is 0.497 e. The lowest BCUT2D eigenvalue weighted by Crippen LogP contribution is -2.30. The van der Waals surface area contributed by atoms with Crippen LogP contribution >= 0.6 is 11.6 Å². The lowest BCUT2D eigenvalue weighted by Gasteiger charge is -2.27. The minimum absolute atomic E-state index is 0.360. The van der Waals surface area contributed by atoms with Crippen molar-refractivity contribution in [3.63, 3.8) is 0 Å². The summed E-state index contributed by atoms with van der Waals surface area (Å²) in [5.74, 6) is 2.36. The molecule has 112 valence electrons. The molecule has 0 aliphatic carbocycles. The van der Waals surface area contributed by atoms with Crippen molar-refractivity contribution in [1.82, 2.24) is 4.90 Å². The van der Waals surface area contributed by atoms with Crippen molar-refractivity contribution in [3.8, 4) is 5.75 Å². The first-order valence-corrected chi connectivity index (χ1v) is 7.90. The molecule has 1 aromatic carbocycles. The van der Waals surface area contributed by atoms with Crippen molar-refractivity contribution in [2.45, 2.75) is 39.8 Å². The molecule has 0 amide bonds. The predicted octanol–water partition coefficient (Wildman–Crippen LogP) is 4.17. The lowest BCUT2D eigenvalue weighted by atomic mass is 9.79. The van der Waals surface area contributed by atoms with Gasteiger partial charge in [-0.2, -0.15) is 0 Å². The first-order chi connectivity index (χ1) is 9.44. The number of halogens is 1. The molecule has 1 aliphatic heterocycles. The first-order valence-electron chi connectivity index (χ1n) is 7.37. The van der Waals surface area contributed by atoms with E-state index in [0.717, 1.165) is 30.6 Å². The summed E-state index contributed by atoms with van der Waals surface area (Å²) < 4.78 is 5.21. The van der Waals surface area contributed by atoms with E-state index in [1.165, 1.54) is 12.0 Å². The van der Waals surface area contributed by atoms with Crippen molar-refractivity contribution in [1.29, 1.82) is 0 Å². The molecular weight excluding hydrogens is 270 g/mol. The molecule has 0 unspecified atom stereocenters. The van der Waals surface area contributed by atoms with E-state index in [0.29, 0.717) is 11.5 Å². The van der Waals surface area contributed by atoms with Crippen LogP contribution in [0.1, 0.15) is 32.8 Å². The van der Waals surface area contributed by atoms with Crippen LogP contribution in [0.25, 0.3) is 0 Å². The average Bonchev–Trinajstić information content (AvgIpc) is 2.82. The molecule has 0 spiro atoms. The summed E-state index contributed by atoms with van der Waals surface area (Å²) in [4.78, 5) is 2.53. The van der Waals surface area contributed by atoms with Gasteiger partial charge in [-0.25, -0.2) is 0 Å². The van der Waals surface area contributed by atoms with Gasteiger partial charge in [0.15, 0.2) is 0 Å².